The molecule has 7 heteroatoms. The number of hydrogen-bond donors (Lipinski definition) is 2. The van der Waals surface area contributed by atoms with E-state index in [9.17, 15) is 0 Å². The molecule has 2 heterocycles. The van der Waals surface area contributed by atoms with Gasteiger partial charge in [0.15, 0.2) is 5.96 Å². The lowest BCUT2D eigenvalue weighted by Crippen LogP contribution is -2.47. The molecule has 2 rings (SSSR count). The average molecular weight is 343 g/mol. The van der Waals surface area contributed by atoms with Crippen LogP contribution in [0.2, 0.25) is 0 Å². The van der Waals surface area contributed by atoms with Gasteiger partial charge in [0.1, 0.15) is 0 Å². The second-order valence-electron chi connectivity index (χ2n) is 5.52. The Bertz CT molecular complexity index is 510. The van der Waals surface area contributed by atoms with E-state index in [4.69, 9.17) is 4.74 Å². The topological polar surface area (TPSA) is 58.5 Å². The zero-order chi connectivity index (χ0) is 16.0. The van der Waals surface area contributed by atoms with Gasteiger partial charge in [-0.1, -0.05) is 0 Å². The van der Waals surface area contributed by atoms with E-state index >= 15 is 0 Å². The number of ether oxygens (including phenoxy) is 1. The average Bonchev–Trinajstić information content (AvgIpc) is 2.86. The Morgan fingerprint density at radius 3 is 2.64 bits per heavy atom. The predicted molar refractivity (Wildman–Crippen MR) is 96.1 cm³/mol. The number of thiazole rings is 1. The van der Waals surface area contributed by atoms with Crippen molar-refractivity contribution in [1.82, 2.24) is 15.6 Å². The molecule has 0 amide bonds. The molecule has 0 aliphatic carbocycles. The summed E-state index contributed by atoms with van der Waals surface area (Å²) in [6.45, 7) is 7.50. The highest BCUT2D eigenvalue weighted by atomic mass is 32.2. The molecule has 0 atom stereocenters. The Hall–Kier alpha value is -0.790. The summed E-state index contributed by atoms with van der Waals surface area (Å²) in [7, 11) is 1.82. The molecule has 0 aromatic carbocycles. The summed E-state index contributed by atoms with van der Waals surface area (Å²) in [6.07, 6.45) is 4.36. The Labute approximate surface area is 141 Å². The first-order valence-electron chi connectivity index (χ1n) is 7.59. The van der Waals surface area contributed by atoms with Crippen LogP contribution < -0.4 is 10.6 Å². The van der Waals surface area contributed by atoms with Crippen LogP contribution in [0.15, 0.2) is 4.99 Å². The molecule has 1 aromatic rings. The van der Waals surface area contributed by atoms with Gasteiger partial charge in [-0.3, -0.25) is 4.99 Å². The van der Waals surface area contributed by atoms with Crippen LogP contribution in [0.1, 0.15) is 28.4 Å². The summed E-state index contributed by atoms with van der Waals surface area (Å²) in [6, 6.07) is 0. The van der Waals surface area contributed by atoms with Crippen molar-refractivity contribution in [3.63, 3.8) is 0 Å². The lowest BCUT2D eigenvalue weighted by molar-refractivity contribution is 0.0783. The molecule has 1 fully saturated rings. The fourth-order valence-corrected chi connectivity index (χ4v) is 4.23. The molecule has 22 heavy (non-hydrogen) atoms. The number of nitrogens with zero attached hydrogens (tertiary/aromatic N) is 2. The van der Waals surface area contributed by atoms with Gasteiger partial charge >= 0.3 is 0 Å². The van der Waals surface area contributed by atoms with Crippen molar-refractivity contribution in [1.29, 1.82) is 0 Å². The molecule has 124 valence electrons. The monoisotopic (exact) mass is 342 g/mol. The van der Waals surface area contributed by atoms with Crippen LogP contribution in [0, 0.1) is 13.8 Å². The molecule has 0 unspecified atom stereocenters. The quantitative estimate of drug-likeness (QED) is 0.635. The number of rotatable bonds is 5. The Morgan fingerprint density at radius 2 is 2.09 bits per heavy atom. The Balaban J connectivity index is 1.85. The number of aromatic nitrogens is 1. The molecule has 0 saturated carbocycles. The largest absolute Gasteiger partial charge is 0.381 e. The lowest BCUT2D eigenvalue weighted by Gasteiger charge is -2.36. The Morgan fingerprint density at radius 1 is 1.36 bits per heavy atom. The van der Waals surface area contributed by atoms with E-state index in [0.29, 0.717) is 0 Å². The van der Waals surface area contributed by atoms with Gasteiger partial charge in [0.2, 0.25) is 0 Å². The second-order valence-corrected chi connectivity index (χ2v) is 8.08. The molecule has 0 spiro atoms. The van der Waals surface area contributed by atoms with E-state index in [1.807, 2.05) is 25.7 Å². The number of guanidine groups is 1. The highest BCUT2D eigenvalue weighted by Crippen LogP contribution is 2.32. The normalized spacial score (nSPS) is 18.3. The molecule has 0 radical (unpaired) electrons. The van der Waals surface area contributed by atoms with E-state index in [1.165, 1.54) is 4.88 Å². The first kappa shape index (κ1) is 17.6. The number of hydrogen-bond acceptors (Lipinski definition) is 5. The number of thioether (sulfide) groups is 1. The Kier molecular flexibility index (Phi) is 6.52. The van der Waals surface area contributed by atoms with E-state index in [0.717, 1.165) is 55.8 Å². The van der Waals surface area contributed by atoms with Crippen LogP contribution in [-0.2, 0) is 11.3 Å². The zero-order valence-corrected chi connectivity index (χ0v) is 15.5. The predicted octanol–water partition coefficient (Wildman–Crippen LogP) is 2.34. The van der Waals surface area contributed by atoms with Gasteiger partial charge in [-0.25, -0.2) is 4.98 Å². The smallest absolute Gasteiger partial charge is 0.191 e. The van der Waals surface area contributed by atoms with Crippen molar-refractivity contribution in [3.05, 3.63) is 15.6 Å². The second kappa shape index (κ2) is 8.17. The van der Waals surface area contributed by atoms with Crippen LogP contribution in [0.5, 0.6) is 0 Å². The van der Waals surface area contributed by atoms with Gasteiger partial charge in [0, 0.05) is 36.4 Å². The molecule has 1 aliphatic rings. The maximum Gasteiger partial charge on any atom is 0.191 e. The van der Waals surface area contributed by atoms with Gasteiger partial charge < -0.3 is 15.4 Å². The summed E-state index contributed by atoms with van der Waals surface area (Å²) >= 11 is 3.67. The lowest BCUT2D eigenvalue weighted by atomic mass is 9.99. The fraction of sp³-hybridized carbons (Fsp3) is 0.733. The maximum atomic E-state index is 5.49. The third-order valence-corrected chi connectivity index (χ3v) is 6.55. The minimum absolute atomic E-state index is 0.257. The molecule has 2 N–H and O–H groups in total. The van der Waals surface area contributed by atoms with E-state index in [1.54, 1.807) is 11.3 Å². The molecule has 1 aromatic heterocycles. The van der Waals surface area contributed by atoms with Crippen LogP contribution >= 0.6 is 23.1 Å². The SMILES string of the molecule is CN=C(NCc1sc(C)nc1C)NCC1(SC)CCOCC1. The first-order valence-corrected chi connectivity index (χ1v) is 9.63. The van der Waals surface area contributed by atoms with Crippen molar-refractivity contribution in [3.8, 4) is 0 Å². The first-order chi connectivity index (χ1) is 10.6. The minimum Gasteiger partial charge on any atom is -0.381 e. The van der Waals surface area contributed by atoms with Crippen LogP contribution in [-0.4, -0.2) is 48.8 Å². The summed E-state index contributed by atoms with van der Waals surface area (Å²) in [5.41, 5.74) is 1.11. The minimum atomic E-state index is 0.257. The number of nitrogens with one attached hydrogen (secondary N) is 2. The van der Waals surface area contributed by atoms with Crippen LogP contribution in [0.25, 0.3) is 0 Å². The van der Waals surface area contributed by atoms with E-state index in [2.05, 4.69) is 33.8 Å². The van der Waals surface area contributed by atoms with Gasteiger partial charge in [0.25, 0.3) is 0 Å². The van der Waals surface area contributed by atoms with E-state index < -0.39 is 0 Å². The molecule has 1 saturated heterocycles. The van der Waals surface area contributed by atoms with Gasteiger partial charge in [0.05, 0.1) is 17.2 Å². The molecule has 1 aliphatic heterocycles. The standard InChI is InChI=1S/C15H26N4OS2/c1-11-13(22-12(2)19-11)9-17-14(16-3)18-10-15(21-4)5-7-20-8-6-15/h5-10H2,1-4H3,(H2,16,17,18). The van der Waals surface area contributed by atoms with Crippen molar-refractivity contribution in [2.24, 2.45) is 4.99 Å². The highest BCUT2D eigenvalue weighted by molar-refractivity contribution is 8.00. The van der Waals surface area contributed by atoms with Crippen molar-refractivity contribution >= 4 is 29.1 Å². The van der Waals surface area contributed by atoms with Gasteiger partial charge in [-0.15, -0.1) is 11.3 Å². The number of aliphatic imine (C=N–C) groups is 1. The molecule has 0 bridgehead atoms. The zero-order valence-electron chi connectivity index (χ0n) is 13.9. The summed E-state index contributed by atoms with van der Waals surface area (Å²) in [5.74, 6) is 0.852. The van der Waals surface area contributed by atoms with Crippen molar-refractivity contribution < 1.29 is 4.74 Å². The fourth-order valence-electron chi connectivity index (χ4n) is 2.56. The number of aryl methyl sites for hydroxylation is 2. The summed E-state index contributed by atoms with van der Waals surface area (Å²) in [5, 5.41) is 7.98. The third-order valence-electron chi connectivity index (χ3n) is 4.05. The van der Waals surface area contributed by atoms with E-state index in [-0.39, 0.29) is 4.75 Å². The van der Waals surface area contributed by atoms with Crippen LogP contribution in [0.4, 0.5) is 0 Å². The summed E-state index contributed by atoms with van der Waals surface area (Å²) in [4.78, 5) is 10.1. The third kappa shape index (κ3) is 4.60. The molecular formula is C15H26N4OS2. The summed E-state index contributed by atoms with van der Waals surface area (Å²) < 4.78 is 5.74. The van der Waals surface area contributed by atoms with Crippen molar-refractivity contribution in [2.45, 2.75) is 38.0 Å². The van der Waals surface area contributed by atoms with Gasteiger partial charge in [-0.2, -0.15) is 11.8 Å². The van der Waals surface area contributed by atoms with Crippen LogP contribution in [0.3, 0.4) is 0 Å². The molecule has 5 nitrogen and oxygen atoms in total. The maximum absolute atomic E-state index is 5.49. The molecular weight excluding hydrogens is 316 g/mol. The van der Waals surface area contributed by atoms with Gasteiger partial charge in [-0.05, 0) is 32.9 Å². The van der Waals surface area contributed by atoms with Crippen molar-refractivity contribution in [2.75, 3.05) is 33.1 Å². The highest BCUT2D eigenvalue weighted by Gasteiger charge is 2.31.